The van der Waals surface area contributed by atoms with Gasteiger partial charge in [0.1, 0.15) is 6.61 Å². The van der Waals surface area contributed by atoms with Crippen molar-refractivity contribution >= 4 is 34.4 Å². The average molecular weight is 513 g/mol. The summed E-state index contributed by atoms with van der Waals surface area (Å²) in [5, 5.41) is 14.7. The Labute approximate surface area is 208 Å². The molecule has 3 aliphatic heterocycles. The molecule has 1 aromatic carbocycles. The average Bonchev–Trinajstić information content (AvgIpc) is 3.49. The van der Waals surface area contributed by atoms with E-state index in [1.807, 2.05) is 0 Å². The molecular weight excluding hydrogens is 492 g/mol. The topological polar surface area (TPSA) is 155 Å². The molecule has 11 nitrogen and oxygen atoms in total. The standard InChI is InChI=1S/C24H21ClN4O7/c1-2-24(33)13-3-15-20-11(7-29(15)22(31)12(13)8-34-23(24)32)10(6-27-17(30)5-26)18-14(28-20)4-16-21(19(18)25)36-9-35-16/h3-4,33H,2,5-9,26H2,1H3,(H,27,30)/t24-/m0/s1. The fourth-order valence-electron chi connectivity index (χ4n) is 5.09. The van der Waals surface area contributed by atoms with Crippen molar-refractivity contribution in [2.75, 3.05) is 13.3 Å². The first-order chi connectivity index (χ1) is 17.3. The third-order valence-electron chi connectivity index (χ3n) is 7.02. The molecule has 186 valence electrons. The maximum atomic E-state index is 13.5. The molecule has 36 heavy (non-hydrogen) atoms. The molecule has 0 saturated carbocycles. The fourth-order valence-corrected chi connectivity index (χ4v) is 5.45. The van der Waals surface area contributed by atoms with E-state index in [0.29, 0.717) is 44.9 Å². The molecule has 0 saturated heterocycles. The van der Waals surface area contributed by atoms with E-state index < -0.39 is 11.6 Å². The van der Waals surface area contributed by atoms with Crippen LogP contribution in [0, 0.1) is 0 Å². The van der Waals surface area contributed by atoms with Crippen molar-refractivity contribution in [3.8, 4) is 22.9 Å². The van der Waals surface area contributed by atoms with Crippen molar-refractivity contribution < 1.29 is 28.9 Å². The second-order valence-corrected chi connectivity index (χ2v) is 9.20. The van der Waals surface area contributed by atoms with Gasteiger partial charge in [-0.2, -0.15) is 0 Å². The summed E-state index contributed by atoms with van der Waals surface area (Å²) in [6.45, 7) is 1.47. The largest absolute Gasteiger partial charge is 0.458 e. The lowest BCUT2D eigenvalue weighted by molar-refractivity contribution is -0.172. The first-order valence-corrected chi connectivity index (χ1v) is 11.7. The number of nitrogens with two attached hydrogens (primary N) is 1. The third kappa shape index (κ3) is 3.00. The second-order valence-electron chi connectivity index (χ2n) is 8.82. The molecule has 1 amide bonds. The highest BCUT2D eigenvalue weighted by Crippen LogP contribution is 2.47. The van der Waals surface area contributed by atoms with E-state index >= 15 is 0 Å². The Morgan fingerprint density at radius 2 is 2.08 bits per heavy atom. The lowest BCUT2D eigenvalue weighted by Crippen LogP contribution is -2.44. The Morgan fingerprint density at radius 3 is 2.83 bits per heavy atom. The highest BCUT2D eigenvalue weighted by Gasteiger charge is 2.45. The van der Waals surface area contributed by atoms with Crippen molar-refractivity contribution in [2.24, 2.45) is 5.73 Å². The summed E-state index contributed by atoms with van der Waals surface area (Å²) >= 11 is 6.72. The molecule has 3 aliphatic rings. The number of hydrogen-bond donors (Lipinski definition) is 3. The number of nitrogens with zero attached hydrogens (tertiary/aromatic N) is 2. The van der Waals surface area contributed by atoms with Crippen LogP contribution in [0.1, 0.15) is 35.6 Å². The van der Waals surface area contributed by atoms with Gasteiger partial charge in [-0.25, -0.2) is 9.78 Å². The van der Waals surface area contributed by atoms with Gasteiger partial charge >= 0.3 is 5.97 Å². The van der Waals surface area contributed by atoms with E-state index in [-0.39, 0.29) is 67.1 Å². The van der Waals surface area contributed by atoms with Crippen LogP contribution in [0.5, 0.6) is 11.5 Å². The molecule has 3 aromatic rings. The quantitative estimate of drug-likeness (QED) is 0.340. The van der Waals surface area contributed by atoms with Gasteiger partial charge in [-0.1, -0.05) is 18.5 Å². The van der Waals surface area contributed by atoms with E-state index in [1.165, 1.54) is 4.57 Å². The number of esters is 1. The molecule has 0 unspecified atom stereocenters. The Balaban J connectivity index is 1.63. The van der Waals surface area contributed by atoms with Crippen LogP contribution in [0.3, 0.4) is 0 Å². The number of benzene rings is 1. The molecule has 0 fully saturated rings. The van der Waals surface area contributed by atoms with E-state index in [0.717, 1.165) is 0 Å². The number of aliphatic hydroxyl groups is 1. The summed E-state index contributed by atoms with van der Waals surface area (Å²) in [6, 6.07) is 3.32. The molecule has 0 radical (unpaired) electrons. The molecule has 0 aliphatic carbocycles. The number of rotatable bonds is 4. The van der Waals surface area contributed by atoms with Gasteiger partial charge < -0.3 is 34.9 Å². The summed E-state index contributed by atoms with van der Waals surface area (Å²) in [5.74, 6) is -0.349. The summed E-state index contributed by atoms with van der Waals surface area (Å²) in [4.78, 5) is 42.8. The van der Waals surface area contributed by atoms with Crippen molar-refractivity contribution in [3.05, 3.63) is 49.8 Å². The van der Waals surface area contributed by atoms with Gasteiger partial charge in [0.15, 0.2) is 17.1 Å². The Hall–Kier alpha value is -3.67. The van der Waals surface area contributed by atoms with Gasteiger partial charge in [-0.3, -0.25) is 9.59 Å². The number of carbonyl (C=O) groups excluding carboxylic acids is 2. The molecule has 12 heteroatoms. The maximum Gasteiger partial charge on any atom is 0.343 e. The summed E-state index contributed by atoms with van der Waals surface area (Å²) < 4.78 is 17.7. The predicted octanol–water partition coefficient (Wildman–Crippen LogP) is 1.04. The van der Waals surface area contributed by atoms with Gasteiger partial charge in [-0.05, 0) is 18.1 Å². The molecule has 2 aromatic heterocycles. The number of halogens is 1. The minimum absolute atomic E-state index is 0.0143. The van der Waals surface area contributed by atoms with E-state index in [4.69, 9.17) is 36.5 Å². The number of nitrogens with one attached hydrogen (secondary N) is 1. The Kier molecular flexibility index (Phi) is 5.01. The van der Waals surface area contributed by atoms with Crippen molar-refractivity contribution in [2.45, 2.75) is 38.6 Å². The lowest BCUT2D eigenvalue weighted by Gasteiger charge is -2.31. The second kappa shape index (κ2) is 7.92. The van der Waals surface area contributed by atoms with Gasteiger partial charge in [0.25, 0.3) is 5.56 Å². The minimum atomic E-state index is -1.94. The number of carbonyl (C=O) groups is 2. The first kappa shape index (κ1) is 22.8. The highest BCUT2D eigenvalue weighted by atomic mass is 35.5. The zero-order chi connectivity index (χ0) is 25.4. The number of aromatic nitrogens is 2. The van der Waals surface area contributed by atoms with Gasteiger partial charge in [0, 0.05) is 29.1 Å². The fraction of sp³-hybridized carbons (Fsp3) is 0.333. The maximum absolute atomic E-state index is 13.5. The predicted molar refractivity (Wildman–Crippen MR) is 127 cm³/mol. The Bertz CT molecular complexity index is 1570. The summed E-state index contributed by atoms with van der Waals surface area (Å²) in [5.41, 5.74) is 6.31. The summed E-state index contributed by atoms with van der Waals surface area (Å²) in [7, 11) is 0. The zero-order valence-corrected chi connectivity index (χ0v) is 19.9. The summed E-state index contributed by atoms with van der Waals surface area (Å²) in [6.07, 6.45) is 0.0369. The normalized spacial score (nSPS) is 19.1. The van der Waals surface area contributed by atoms with Gasteiger partial charge in [0.05, 0.1) is 40.6 Å². The number of fused-ring (bicyclic) bond motifs is 6. The van der Waals surface area contributed by atoms with Crippen molar-refractivity contribution in [3.63, 3.8) is 0 Å². The zero-order valence-electron chi connectivity index (χ0n) is 19.1. The van der Waals surface area contributed by atoms with Crippen LogP contribution >= 0.6 is 11.6 Å². The van der Waals surface area contributed by atoms with Crippen LogP contribution < -0.4 is 26.1 Å². The van der Waals surface area contributed by atoms with Gasteiger partial charge in [-0.15, -0.1) is 0 Å². The van der Waals surface area contributed by atoms with Gasteiger partial charge in [0.2, 0.25) is 12.7 Å². The van der Waals surface area contributed by atoms with Crippen LogP contribution in [0.25, 0.3) is 22.3 Å². The third-order valence-corrected chi connectivity index (χ3v) is 7.38. The number of cyclic esters (lactones) is 1. The number of amides is 1. The molecule has 1 atom stereocenters. The SMILES string of the molecule is CC[C@@]1(O)C(=O)OCc2c1cc1n(c2=O)Cc2c-1nc1cc3c(c(Cl)c1c2CNC(=O)CN)OCO3. The molecule has 4 N–H and O–H groups in total. The number of hydrogen-bond acceptors (Lipinski definition) is 9. The molecule has 0 bridgehead atoms. The highest BCUT2D eigenvalue weighted by molar-refractivity contribution is 6.37. The van der Waals surface area contributed by atoms with Crippen LogP contribution in [0.4, 0.5) is 0 Å². The van der Waals surface area contributed by atoms with Crippen LogP contribution in [0.2, 0.25) is 5.02 Å². The van der Waals surface area contributed by atoms with Crippen LogP contribution in [-0.4, -0.2) is 39.9 Å². The smallest absolute Gasteiger partial charge is 0.343 e. The van der Waals surface area contributed by atoms with Crippen molar-refractivity contribution in [1.82, 2.24) is 14.9 Å². The molecular formula is C24H21ClN4O7. The van der Waals surface area contributed by atoms with E-state index in [2.05, 4.69) is 5.32 Å². The van der Waals surface area contributed by atoms with Crippen LogP contribution in [-0.2, 0) is 39.6 Å². The Morgan fingerprint density at radius 1 is 1.28 bits per heavy atom. The molecule has 5 heterocycles. The minimum Gasteiger partial charge on any atom is -0.458 e. The molecule has 6 rings (SSSR count). The number of pyridine rings is 2. The van der Waals surface area contributed by atoms with Crippen molar-refractivity contribution in [1.29, 1.82) is 0 Å². The first-order valence-electron chi connectivity index (χ1n) is 11.4. The van der Waals surface area contributed by atoms with E-state index in [9.17, 15) is 19.5 Å². The monoisotopic (exact) mass is 512 g/mol. The lowest BCUT2D eigenvalue weighted by atomic mass is 9.86. The van der Waals surface area contributed by atoms with E-state index in [1.54, 1.807) is 19.1 Å². The van der Waals surface area contributed by atoms with Crippen LogP contribution in [0.15, 0.2) is 16.9 Å². The number of ether oxygens (including phenoxy) is 3. The molecule has 0 spiro atoms.